The van der Waals surface area contributed by atoms with Crippen LogP contribution in [0.4, 0.5) is 9.18 Å². The second-order valence-electron chi connectivity index (χ2n) is 5.15. The van der Waals surface area contributed by atoms with Gasteiger partial charge in [0.15, 0.2) is 5.13 Å². The van der Waals surface area contributed by atoms with Crippen LogP contribution in [0.1, 0.15) is 37.6 Å². The molecule has 1 amide bonds. The first-order chi connectivity index (χ1) is 8.41. The van der Waals surface area contributed by atoms with E-state index in [1.807, 2.05) is 20.8 Å². The number of nitrogens with zero attached hydrogens (tertiary/aromatic N) is 1. The van der Waals surface area contributed by atoms with E-state index in [4.69, 9.17) is 4.74 Å². The van der Waals surface area contributed by atoms with Crippen molar-refractivity contribution in [2.45, 2.75) is 45.8 Å². The van der Waals surface area contributed by atoms with Crippen LogP contribution in [-0.4, -0.2) is 23.1 Å². The van der Waals surface area contributed by atoms with E-state index < -0.39 is 5.60 Å². The van der Waals surface area contributed by atoms with Crippen molar-refractivity contribution in [2.75, 3.05) is 6.54 Å². The third-order valence-corrected chi connectivity index (χ3v) is 4.28. The highest BCUT2D eigenvalue weighted by atomic mass is 32.1. The molecule has 0 spiro atoms. The standard InChI is InChI=1S/C13H18FNO2S/c1-4-13(2,3)17-12(16)15-6-5-9-7-11(14)18-10(9)8-15/h7H,4-6,8H2,1-3H3. The normalized spacial score (nSPS) is 15.4. The molecule has 0 aromatic carbocycles. The van der Waals surface area contributed by atoms with Crippen LogP contribution in [0, 0.1) is 5.13 Å². The highest BCUT2D eigenvalue weighted by Crippen LogP contribution is 2.28. The molecule has 1 aromatic heterocycles. The summed E-state index contributed by atoms with van der Waals surface area (Å²) in [5.74, 6) is 0. The fourth-order valence-electron chi connectivity index (χ4n) is 1.81. The minimum absolute atomic E-state index is 0.177. The first-order valence-electron chi connectivity index (χ1n) is 6.16. The van der Waals surface area contributed by atoms with Crippen molar-refractivity contribution < 1.29 is 13.9 Å². The van der Waals surface area contributed by atoms with Gasteiger partial charge in [-0.15, -0.1) is 11.3 Å². The lowest BCUT2D eigenvalue weighted by Gasteiger charge is -2.31. The van der Waals surface area contributed by atoms with Crippen molar-refractivity contribution in [3.8, 4) is 0 Å². The quantitative estimate of drug-likeness (QED) is 0.823. The number of ether oxygens (including phenoxy) is 1. The maximum absolute atomic E-state index is 13.1. The van der Waals surface area contributed by atoms with E-state index in [1.165, 1.54) is 0 Å². The second kappa shape index (κ2) is 4.88. The number of halogens is 1. The fraction of sp³-hybridized carbons (Fsp3) is 0.615. The van der Waals surface area contributed by atoms with Gasteiger partial charge in [-0.2, -0.15) is 4.39 Å². The Labute approximate surface area is 111 Å². The number of thiophene rings is 1. The number of hydrogen-bond donors (Lipinski definition) is 0. The van der Waals surface area contributed by atoms with Gasteiger partial charge in [-0.25, -0.2) is 4.79 Å². The van der Waals surface area contributed by atoms with Crippen LogP contribution in [0.25, 0.3) is 0 Å². The van der Waals surface area contributed by atoms with Crippen LogP contribution in [0.2, 0.25) is 0 Å². The molecule has 2 rings (SSSR count). The summed E-state index contributed by atoms with van der Waals surface area (Å²) in [6.07, 6.45) is 1.17. The average Bonchev–Trinajstić information content (AvgIpc) is 2.67. The van der Waals surface area contributed by atoms with E-state index in [0.29, 0.717) is 19.5 Å². The molecule has 3 nitrogen and oxygen atoms in total. The molecule has 0 radical (unpaired) electrons. The molecule has 1 aliphatic heterocycles. The maximum Gasteiger partial charge on any atom is 0.410 e. The van der Waals surface area contributed by atoms with E-state index in [0.717, 1.165) is 28.2 Å². The summed E-state index contributed by atoms with van der Waals surface area (Å²) in [6.45, 7) is 6.83. The molecule has 100 valence electrons. The Kier molecular flexibility index (Phi) is 3.61. The lowest BCUT2D eigenvalue weighted by atomic mass is 10.1. The van der Waals surface area contributed by atoms with E-state index in [9.17, 15) is 9.18 Å². The van der Waals surface area contributed by atoms with Crippen molar-refractivity contribution in [3.05, 3.63) is 21.6 Å². The van der Waals surface area contributed by atoms with Crippen molar-refractivity contribution >= 4 is 17.4 Å². The maximum atomic E-state index is 13.1. The molecule has 0 saturated heterocycles. The Morgan fingerprint density at radius 1 is 1.61 bits per heavy atom. The molecule has 0 aliphatic carbocycles. The summed E-state index contributed by atoms with van der Waals surface area (Å²) in [5, 5.41) is -0.177. The molecule has 0 unspecified atom stereocenters. The molecule has 0 atom stereocenters. The number of carbonyl (C=O) groups excluding carboxylic acids is 1. The summed E-state index contributed by atoms with van der Waals surface area (Å²) >= 11 is 1.12. The molecule has 1 aliphatic rings. The summed E-state index contributed by atoms with van der Waals surface area (Å²) < 4.78 is 18.6. The number of fused-ring (bicyclic) bond motifs is 1. The summed E-state index contributed by atoms with van der Waals surface area (Å²) in [6, 6.07) is 1.57. The Balaban J connectivity index is 2.02. The third-order valence-electron chi connectivity index (χ3n) is 3.33. The van der Waals surface area contributed by atoms with Crippen LogP contribution < -0.4 is 0 Å². The van der Waals surface area contributed by atoms with E-state index >= 15 is 0 Å². The smallest absolute Gasteiger partial charge is 0.410 e. The molecule has 18 heavy (non-hydrogen) atoms. The Bertz CT molecular complexity index is 456. The van der Waals surface area contributed by atoms with Gasteiger partial charge < -0.3 is 9.64 Å². The number of carbonyl (C=O) groups is 1. The Morgan fingerprint density at radius 3 is 3.00 bits per heavy atom. The van der Waals surface area contributed by atoms with Crippen LogP contribution in [0.3, 0.4) is 0 Å². The van der Waals surface area contributed by atoms with Gasteiger partial charge in [0.1, 0.15) is 5.60 Å². The zero-order chi connectivity index (χ0) is 13.3. The molecule has 0 bridgehead atoms. The predicted molar refractivity (Wildman–Crippen MR) is 69.2 cm³/mol. The van der Waals surface area contributed by atoms with Crippen molar-refractivity contribution in [1.29, 1.82) is 0 Å². The SMILES string of the molecule is CCC(C)(C)OC(=O)N1CCc2cc(F)sc2C1. The fourth-order valence-corrected chi connectivity index (χ4v) is 2.76. The van der Waals surface area contributed by atoms with E-state index in [1.54, 1.807) is 11.0 Å². The molecule has 0 N–H and O–H groups in total. The summed E-state index contributed by atoms with van der Waals surface area (Å²) in [7, 11) is 0. The monoisotopic (exact) mass is 271 g/mol. The molecular formula is C13H18FNO2S. The van der Waals surface area contributed by atoms with Crippen LogP contribution in [-0.2, 0) is 17.7 Å². The van der Waals surface area contributed by atoms with Crippen LogP contribution in [0.5, 0.6) is 0 Å². The van der Waals surface area contributed by atoms with Gasteiger partial charge in [0.25, 0.3) is 0 Å². The minimum atomic E-state index is -0.446. The van der Waals surface area contributed by atoms with Gasteiger partial charge >= 0.3 is 6.09 Å². The molecule has 0 saturated carbocycles. The van der Waals surface area contributed by atoms with Gasteiger partial charge in [-0.3, -0.25) is 0 Å². The van der Waals surface area contributed by atoms with Gasteiger partial charge in [0.05, 0.1) is 6.54 Å². The summed E-state index contributed by atoms with van der Waals surface area (Å²) in [4.78, 5) is 14.6. The highest BCUT2D eigenvalue weighted by molar-refractivity contribution is 7.10. The first-order valence-corrected chi connectivity index (χ1v) is 6.98. The van der Waals surface area contributed by atoms with Gasteiger partial charge in [-0.1, -0.05) is 6.92 Å². The number of hydrogen-bond acceptors (Lipinski definition) is 3. The molecule has 5 heteroatoms. The topological polar surface area (TPSA) is 29.5 Å². The van der Waals surface area contributed by atoms with Gasteiger partial charge in [-0.05, 0) is 38.3 Å². The largest absolute Gasteiger partial charge is 0.443 e. The molecular weight excluding hydrogens is 253 g/mol. The number of rotatable bonds is 2. The van der Waals surface area contributed by atoms with E-state index in [-0.39, 0.29) is 11.2 Å². The summed E-state index contributed by atoms with van der Waals surface area (Å²) in [5.41, 5.74) is 0.578. The lowest BCUT2D eigenvalue weighted by molar-refractivity contribution is 0.00930. The Morgan fingerprint density at radius 2 is 2.33 bits per heavy atom. The van der Waals surface area contributed by atoms with Crippen molar-refractivity contribution in [3.63, 3.8) is 0 Å². The predicted octanol–water partition coefficient (Wildman–Crippen LogP) is 3.57. The molecule has 0 fully saturated rings. The molecule has 1 aromatic rings. The highest BCUT2D eigenvalue weighted by Gasteiger charge is 2.28. The average molecular weight is 271 g/mol. The van der Waals surface area contributed by atoms with Crippen molar-refractivity contribution in [1.82, 2.24) is 4.90 Å². The third kappa shape index (κ3) is 2.83. The van der Waals surface area contributed by atoms with Gasteiger partial charge in [0, 0.05) is 11.4 Å². The van der Waals surface area contributed by atoms with Crippen molar-refractivity contribution in [2.24, 2.45) is 0 Å². The molecule has 2 heterocycles. The minimum Gasteiger partial charge on any atom is -0.443 e. The zero-order valence-corrected chi connectivity index (χ0v) is 11.8. The van der Waals surface area contributed by atoms with Crippen LogP contribution >= 0.6 is 11.3 Å². The second-order valence-corrected chi connectivity index (χ2v) is 6.24. The van der Waals surface area contributed by atoms with E-state index in [2.05, 4.69) is 0 Å². The lowest BCUT2D eigenvalue weighted by Crippen LogP contribution is -2.40. The Hall–Kier alpha value is -1.10. The number of amides is 1. The zero-order valence-electron chi connectivity index (χ0n) is 11.0. The first kappa shape index (κ1) is 13.3. The van der Waals surface area contributed by atoms with Crippen LogP contribution in [0.15, 0.2) is 6.07 Å². The van der Waals surface area contributed by atoms with Gasteiger partial charge in [0.2, 0.25) is 0 Å².